The molecule has 0 bridgehead atoms. The highest BCUT2D eigenvalue weighted by Crippen LogP contribution is 2.08. The monoisotopic (exact) mass is 211 g/mol. The summed E-state index contributed by atoms with van der Waals surface area (Å²) in [6.07, 6.45) is 4.20. The van der Waals surface area contributed by atoms with E-state index in [0.29, 0.717) is 17.7 Å². The highest BCUT2D eigenvalue weighted by molar-refractivity contribution is 5.27. The van der Waals surface area contributed by atoms with Gasteiger partial charge in [-0.15, -0.1) is 0 Å². The number of rotatable bonds is 6. The van der Waals surface area contributed by atoms with Crippen LogP contribution in [0.3, 0.4) is 0 Å². The van der Waals surface area contributed by atoms with Gasteiger partial charge in [0.05, 0.1) is 19.5 Å². The third kappa shape index (κ3) is 4.12. The normalized spacial score (nSPS) is 12.2. The van der Waals surface area contributed by atoms with E-state index in [-0.39, 0.29) is 0 Å². The molecule has 0 radical (unpaired) electrons. The van der Waals surface area contributed by atoms with Crippen molar-refractivity contribution in [2.75, 3.05) is 26.1 Å². The maximum absolute atomic E-state index is 4.99. The Bertz CT molecular complexity index is 277. The Balaban J connectivity index is 2.42. The molecule has 5 heteroatoms. The molecule has 0 aliphatic rings. The predicted molar refractivity (Wildman–Crippen MR) is 58.2 cm³/mol. The van der Waals surface area contributed by atoms with Crippen LogP contribution in [0.2, 0.25) is 0 Å². The van der Waals surface area contributed by atoms with Crippen LogP contribution in [-0.4, -0.2) is 36.8 Å². The van der Waals surface area contributed by atoms with Crippen LogP contribution in [0.15, 0.2) is 12.4 Å². The van der Waals surface area contributed by atoms with Crippen molar-refractivity contribution in [1.29, 1.82) is 0 Å². The van der Waals surface area contributed by atoms with Gasteiger partial charge in [0, 0.05) is 19.8 Å². The van der Waals surface area contributed by atoms with Gasteiger partial charge in [-0.1, -0.05) is 0 Å². The minimum absolute atomic E-state index is 0.290. The van der Waals surface area contributed by atoms with Crippen LogP contribution in [-0.2, 0) is 4.74 Å². The smallest absolute Gasteiger partial charge is 0.223 e. The molecule has 15 heavy (non-hydrogen) atoms. The van der Waals surface area contributed by atoms with Gasteiger partial charge in [0.2, 0.25) is 5.95 Å². The molecule has 0 aliphatic heterocycles. The molecule has 0 saturated carbocycles. The summed E-state index contributed by atoms with van der Waals surface area (Å²) in [7, 11) is 3.28. The van der Waals surface area contributed by atoms with Crippen molar-refractivity contribution in [3.63, 3.8) is 0 Å². The lowest BCUT2D eigenvalue weighted by molar-refractivity contribution is 0.191. The minimum atomic E-state index is 0.290. The maximum Gasteiger partial charge on any atom is 0.223 e. The van der Waals surface area contributed by atoms with E-state index in [0.717, 1.165) is 13.0 Å². The average molecular weight is 211 g/mol. The molecule has 1 N–H and O–H groups in total. The molecule has 0 spiro atoms. The Morgan fingerprint density at radius 1 is 1.33 bits per heavy atom. The highest BCUT2D eigenvalue weighted by atomic mass is 16.5. The average Bonchev–Trinajstić information content (AvgIpc) is 2.27. The molecule has 1 aromatic rings. The molecule has 1 heterocycles. The molecule has 0 saturated heterocycles. The Kier molecular flexibility index (Phi) is 4.83. The zero-order valence-electron chi connectivity index (χ0n) is 9.36. The van der Waals surface area contributed by atoms with Crippen molar-refractivity contribution in [1.82, 2.24) is 9.97 Å². The molecular formula is C10H17N3O2. The topological polar surface area (TPSA) is 56.3 Å². The molecule has 0 aromatic carbocycles. The number of aromatic nitrogens is 2. The molecule has 1 unspecified atom stereocenters. The van der Waals surface area contributed by atoms with Crippen LogP contribution in [0.25, 0.3) is 0 Å². The van der Waals surface area contributed by atoms with Crippen LogP contribution in [0.4, 0.5) is 5.95 Å². The molecule has 0 aliphatic carbocycles. The quantitative estimate of drug-likeness (QED) is 0.769. The summed E-state index contributed by atoms with van der Waals surface area (Å²) in [6, 6.07) is 0.290. The standard InChI is InChI=1S/C10H17N3O2/c1-8(4-5-14-2)13-10-11-6-9(15-3)7-12-10/h6-8H,4-5H2,1-3H3,(H,11,12,13). The Labute approximate surface area is 89.8 Å². The van der Waals surface area contributed by atoms with Crippen LogP contribution in [0.1, 0.15) is 13.3 Å². The number of nitrogens with one attached hydrogen (secondary N) is 1. The molecule has 1 rings (SSSR count). The molecule has 1 atom stereocenters. The fraction of sp³-hybridized carbons (Fsp3) is 0.600. The van der Waals surface area contributed by atoms with Gasteiger partial charge in [0.25, 0.3) is 0 Å². The summed E-state index contributed by atoms with van der Waals surface area (Å²) in [6.45, 7) is 2.79. The van der Waals surface area contributed by atoms with E-state index in [9.17, 15) is 0 Å². The Morgan fingerprint density at radius 3 is 2.53 bits per heavy atom. The van der Waals surface area contributed by atoms with Crippen molar-refractivity contribution in [2.24, 2.45) is 0 Å². The van der Waals surface area contributed by atoms with E-state index in [1.54, 1.807) is 26.6 Å². The first-order valence-electron chi connectivity index (χ1n) is 4.87. The minimum Gasteiger partial charge on any atom is -0.494 e. The van der Waals surface area contributed by atoms with Gasteiger partial charge in [0.15, 0.2) is 5.75 Å². The molecule has 1 aromatic heterocycles. The summed E-state index contributed by atoms with van der Waals surface area (Å²) in [5.74, 6) is 1.27. The second kappa shape index (κ2) is 6.19. The van der Waals surface area contributed by atoms with Gasteiger partial charge in [-0.3, -0.25) is 0 Å². The van der Waals surface area contributed by atoms with Crippen molar-refractivity contribution in [3.05, 3.63) is 12.4 Å². The molecule has 5 nitrogen and oxygen atoms in total. The van der Waals surface area contributed by atoms with E-state index in [1.807, 2.05) is 0 Å². The zero-order valence-corrected chi connectivity index (χ0v) is 9.36. The fourth-order valence-electron chi connectivity index (χ4n) is 1.08. The van der Waals surface area contributed by atoms with Gasteiger partial charge in [0.1, 0.15) is 0 Å². The molecular weight excluding hydrogens is 194 g/mol. The van der Waals surface area contributed by atoms with E-state index in [1.165, 1.54) is 0 Å². The lowest BCUT2D eigenvalue weighted by Gasteiger charge is -2.12. The third-order valence-electron chi connectivity index (χ3n) is 1.99. The first-order chi connectivity index (χ1) is 7.26. The fourth-order valence-corrected chi connectivity index (χ4v) is 1.08. The van der Waals surface area contributed by atoms with Gasteiger partial charge in [-0.25, -0.2) is 9.97 Å². The summed E-state index contributed by atoms with van der Waals surface area (Å²) in [5, 5.41) is 3.17. The predicted octanol–water partition coefficient (Wildman–Crippen LogP) is 1.32. The number of methoxy groups -OCH3 is 2. The van der Waals surface area contributed by atoms with Crippen LogP contribution in [0.5, 0.6) is 5.75 Å². The third-order valence-corrected chi connectivity index (χ3v) is 1.99. The lowest BCUT2D eigenvalue weighted by Crippen LogP contribution is -2.18. The second-order valence-electron chi connectivity index (χ2n) is 3.27. The number of ether oxygens (including phenoxy) is 2. The summed E-state index contributed by atoms with van der Waals surface area (Å²) in [4.78, 5) is 8.22. The largest absolute Gasteiger partial charge is 0.494 e. The first-order valence-corrected chi connectivity index (χ1v) is 4.87. The van der Waals surface area contributed by atoms with E-state index >= 15 is 0 Å². The number of hydrogen-bond acceptors (Lipinski definition) is 5. The first kappa shape index (κ1) is 11.7. The van der Waals surface area contributed by atoms with E-state index in [2.05, 4.69) is 22.2 Å². The number of hydrogen-bond donors (Lipinski definition) is 1. The van der Waals surface area contributed by atoms with Gasteiger partial charge in [-0.05, 0) is 13.3 Å². The lowest BCUT2D eigenvalue weighted by atomic mass is 10.2. The van der Waals surface area contributed by atoms with Crippen molar-refractivity contribution in [2.45, 2.75) is 19.4 Å². The summed E-state index contributed by atoms with van der Waals surface area (Å²) >= 11 is 0. The zero-order chi connectivity index (χ0) is 11.1. The van der Waals surface area contributed by atoms with Crippen LogP contribution < -0.4 is 10.1 Å². The van der Waals surface area contributed by atoms with E-state index in [4.69, 9.17) is 9.47 Å². The van der Waals surface area contributed by atoms with Crippen molar-refractivity contribution < 1.29 is 9.47 Å². The molecule has 0 fully saturated rings. The van der Waals surface area contributed by atoms with Crippen LogP contribution >= 0.6 is 0 Å². The van der Waals surface area contributed by atoms with Gasteiger partial charge >= 0.3 is 0 Å². The van der Waals surface area contributed by atoms with E-state index < -0.39 is 0 Å². The Morgan fingerprint density at radius 2 is 2.00 bits per heavy atom. The molecule has 0 amide bonds. The van der Waals surface area contributed by atoms with Crippen molar-refractivity contribution in [3.8, 4) is 5.75 Å². The SMILES string of the molecule is COCCC(C)Nc1ncc(OC)cn1. The number of nitrogens with zero attached hydrogens (tertiary/aromatic N) is 2. The summed E-state index contributed by atoms with van der Waals surface area (Å²) in [5.41, 5.74) is 0. The summed E-state index contributed by atoms with van der Waals surface area (Å²) < 4.78 is 9.95. The van der Waals surface area contributed by atoms with Crippen LogP contribution in [0, 0.1) is 0 Å². The molecule has 84 valence electrons. The maximum atomic E-state index is 4.99. The second-order valence-corrected chi connectivity index (χ2v) is 3.27. The number of anilines is 1. The highest BCUT2D eigenvalue weighted by Gasteiger charge is 2.03. The van der Waals surface area contributed by atoms with Gasteiger partial charge < -0.3 is 14.8 Å². The van der Waals surface area contributed by atoms with Crippen molar-refractivity contribution >= 4 is 5.95 Å². The Hall–Kier alpha value is -1.36. The van der Waals surface area contributed by atoms with Gasteiger partial charge in [-0.2, -0.15) is 0 Å².